The summed E-state index contributed by atoms with van der Waals surface area (Å²) in [6, 6.07) is 5.47. The van der Waals surface area contributed by atoms with Crippen LogP contribution in [0, 0.1) is 11.7 Å². The number of carbonyl (C=O) groups excluding carboxylic acids is 2. The second-order valence-corrected chi connectivity index (χ2v) is 4.48. The van der Waals surface area contributed by atoms with E-state index in [0.717, 1.165) is 6.21 Å². The van der Waals surface area contributed by atoms with Gasteiger partial charge in [-0.2, -0.15) is 0 Å². The maximum absolute atomic E-state index is 12.9. The molecule has 0 bridgehead atoms. The van der Waals surface area contributed by atoms with E-state index in [1.54, 1.807) is 6.07 Å². The van der Waals surface area contributed by atoms with Crippen LogP contribution in [0.3, 0.4) is 0 Å². The maximum atomic E-state index is 12.9. The number of aliphatic imine (C=N–C) groups is 1. The van der Waals surface area contributed by atoms with Gasteiger partial charge in [-0.25, -0.2) is 4.39 Å². The van der Waals surface area contributed by atoms with Gasteiger partial charge in [-0.3, -0.25) is 14.6 Å². The highest BCUT2D eigenvalue weighted by Gasteiger charge is 2.42. The van der Waals surface area contributed by atoms with E-state index in [4.69, 9.17) is 9.47 Å². The minimum absolute atomic E-state index is 0.297. The van der Waals surface area contributed by atoms with Crippen molar-refractivity contribution >= 4 is 23.8 Å². The van der Waals surface area contributed by atoms with Crippen molar-refractivity contribution in [1.82, 2.24) is 0 Å². The van der Waals surface area contributed by atoms with E-state index < -0.39 is 29.5 Å². The van der Waals surface area contributed by atoms with Crippen molar-refractivity contribution in [1.29, 1.82) is 0 Å². The first-order chi connectivity index (χ1) is 8.87. The fourth-order valence-corrected chi connectivity index (χ4v) is 1.57. The van der Waals surface area contributed by atoms with Crippen LogP contribution in [0.2, 0.25) is 0 Å². The van der Waals surface area contributed by atoms with E-state index in [1.807, 2.05) is 0 Å². The van der Waals surface area contributed by atoms with Gasteiger partial charge in [0.05, 0.1) is 5.69 Å². The van der Waals surface area contributed by atoms with Crippen LogP contribution < -0.4 is 0 Å². The second kappa shape index (κ2) is 4.79. The van der Waals surface area contributed by atoms with Gasteiger partial charge in [0.25, 0.3) is 5.79 Å². The third kappa shape index (κ3) is 3.15. The number of cyclic esters (lactones) is 2. The predicted molar refractivity (Wildman–Crippen MR) is 64.3 cm³/mol. The Labute approximate surface area is 109 Å². The Balaban J connectivity index is 2.15. The molecule has 0 aliphatic carbocycles. The zero-order chi connectivity index (χ0) is 14.0. The number of rotatable bonds is 2. The number of esters is 2. The molecule has 0 amide bonds. The van der Waals surface area contributed by atoms with Crippen molar-refractivity contribution < 1.29 is 23.5 Å². The van der Waals surface area contributed by atoms with Gasteiger partial charge in [-0.15, -0.1) is 0 Å². The number of hydrogen-bond donors (Lipinski definition) is 0. The predicted octanol–water partition coefficient (Wildman–Crippen LogP) is 1.98. The van der Waals surface area contributed by atoms with Gasteiger partial charge in [0.1, 0.15) is 5.82 Å². The third-order valence-corrected chi connectivity index (χ3v) is 2.38. The smallest absolute Gasteiger partial charge is 0.329 e. The van der Waals surface area contributed by atoms with Crippen LogP contribution in [0.1, 0.15) is 13.8 Å². The molecule has 1 saturated heterocycles. The number of halogens is 1. The Morgan fingerprint density at radius 1 is 1.26 bits per heavy atom. The first-order valence-electron chi connectivity index (χ1n) is 5.63. The lowest BCUT2D eigenvalue weighted by molar-refractivity contribution is -0.235. The summed E-state index contributed by atoms with van der Waals surface area (Å²) >= 11 is 0. The zero-order valence-corrected chi connectivity index (χ0v) is 10.4. The van der Waals surface area contributed by atoms with Gasteiger partial charge in [-0.1, -0.05) is 6.07 Å². The van der Waals surface area contributed by atoms with Crippen molar-refractivity contribution in [3.05, 3.63) is 30.1 Å². The molecule has 1 aliphatic heterocycles. The Morgan fingerprint density at radius 2 is 1.89 bits per heavy atom. The number of nitrogens with zero attached hydrogens (tertiary/aromatic N) is 1. The molecule has 1 aromatic rings. The molecule has 19 heavy (non-hydrogen) atoms. The number of ether oxygens (including phenoxy) is 2. The summed E-state index contributed by atoms with van der Waals surface area (Å²) in [5, 5.41) is 0. The lowest BCUT2D eigenvalue weighted by Gasteiger charge is -2.31. The summed E-state index contributed by atoms with van der Waals surface area (Å²) in [4.78, 5) is 27.1. The van der Waals surface area contributed by atoms with Gasteiger partial charge in [0, 0.05) is 20.1 Å². The SMILES string of the molecule is CC1(C)OC(=O)C(C=Nc2cccc(F)c2)C(=O)O1. The second-order valence-electron chi connectivity index (χ2n) is 4.48. The molecule has 0 saturated carbocycles. The highest BCUT2D eigenvalue weighted by Crippen LogP contribution is 2.23. The van der Waals surface area contributed by atoms with Gasteiger partial charge in [-0.05, 0) is 18.2 Å². The third-order valence-electron chi connectivity index (χ3n) is 2.38. The molecule has 0 N–H and O–H groups in total. The summed E-state index contributed by atoms with van der Waals surface area (Å²) in [7, 11) is 0. The first kappa shape index (κ1) is 13.2. The van der Waals surface area contributed by atoms with Crippen molar-refractivity contribution in [2.24, 2.45) is 10.9 Å². The van der Waals surface area contributed by atoms with E-state index in [9.17, 15) is 14.0 Å². The molecule has 5 nitrogen and oxygen atoms in total. The maximum Gasteiger partial charge on any atom is 0.329 e. The van der Waals surface area contributed by atoms with E-state index >= 15 is 0 Å². The Hall–Kier alpha value is -2.24. The van der Waals surface area contributed by atoms with Gasteiger partial charge >= 0.3 is 11.9 Å². The Kier molecular flexibility index (Phi) is 3.33. The normalized spacial score (nSPS) is 19.3. The molecule has 0 spiro atoms. The van der Waals surface area contributed by atoms with Crippen molar-refractivity contribution in [2.75, 3.05) is 0 Å². The summed E-state index contributed by atoms with van der Waals surface area (Å²) in [5.74, 6) is -4.42. The summed E-state index contributed by atoms with van der Waals surface area (Å²) in [5.41, 5.74) is 0.297. The largest absolute Gasteiger partial charge is 0.422 e. The summed E-state index contributed by atoms with van der Waals surface area (Å²) in [6.07, 6.45) is 1.09. The average Bonchev–Trinajstić information content (AvgIpc) is 2.26. The first-order valence-corrected chi connectivity index (χ1v) is 5.63. The van der Waals surface area contributed by atoms with Crippen LogP contribution in [-0.2, 0) is 19.1 Å². The minimum Gasteiger partial charge on any atom is -0.422 e. The van der Waals surface area contributed by atoms with Crippen LogP contribution in [0.4, 0.5) is 10.1 Å². The van der Waals surface area contributed by atoms with Crippen LogP contribution >= 0.6 is 0 Å². The minimum atomic E-state index is -1.27. The fourth-order valence-electron chi connectivity index (χ4n) is 1.57. The van der Waals surface area contributed by atoms with E-state index in [0.29, 0.717) is 5.69 Å². The number of carbonyl (C=O) groups is 2. The number of benzene rings is 1. The standard InChI is InChI=1S/C13H12FNO4/c1-13(2)18-11(16)10(12(17)19-13)7-15-9-5-3-4-8(14)6-9/h3-7,10H,1-2H3. The molecule has 100 valence electrons. The lowest BCUT2D eigenvalue weighted by Crippen LogP contribution is -2.46. The van der Waals surface area contributed by atoms with Gasteiger partial charge in [0.15, 0.2) is 5.92 Å². The number of hydrogen-bond acceptors (Lipinski definition) is 5. The van der Waals surface area contributed by atoms with Crippen LogP contribution in [0.25, 0.3) is 0 Å². The fraction of sp³-hybridized carbons (Fsp3) is 0.308. The molecule has 1 aromatic carbocycles. The highest BCUT2D eigenvalue weighted by molar-refractivity contribution is 6.10. The molecule has 0 unspecified atom stereocenters. The van der Waals surface area contributed by atoms with Crippen molar-refractivity contribution in [3.8, 4) is 0 Å². The Morgan fingerprint density at radius 3 is 2.47 bits per heavy atom. The van der Waals surface area contributed by atoms with E-state index in [2.05, 4.69) is 4.99 Å². The van der Waals surface area contributed by atoms with Crippen LogP contribution in [-0.4, -0.2) is 23.9 Å². The Bertz CT molecular complexity index is 533. The lowest BCUT2D eigenvalue weighted by atomic mass is 10.1. The van der Waals surface area contributed by atoms with Crippen LogP contribution in [0.15, 0.2) is 29.3 Å². The molecule has 0 radical (unpaired) electrons. The quantitative estimate of drug-likeness (QED) is 0.466. The molecular formula is C13H12FNO4. The van der Waals surface area contributed by atoms with Crippen LogP contribution in [0.5, 0.6) is 0 Å². The molecule has 1 aliphatic rings. The monoisotopic (exact) mass is 265 g/mol. The zero-order valence-electron chi connectivity index (χ0n) is 10.4. The molecule has 1 fully saturated rings. The topological polar surface area (TPSA) is 65.0 Å². The van der Waals surface area contributed by atoms with Gasteiger partial charge < -0.3 is 9.47 Å². The molecule has 0 aromatic heterocycles. The highest BCUT2D eigenvalue weighted by atomic mass is 19.1. The average molecular weight is 265 g/mol. The summed E-state index contributed by atoms with van der Waals surface area (Å²) < 4.78 is 22.8. The van der Waals surface area contributed by atoms with Crippen molar-refractivity contribution in [2.45, 2.75) is 19.6 Å². The molecular weight excluding hydrogens is 253 g/mol. The summed E-state index contributed by atoms with van der Waals surface area (Å²) in [6.45, 7) is 2.92. The molecule has 1 heterocycles. The molecule has 2 rings (SSSR count). The molecule has 6 heteroatoms. The van der Waals surface area contributed by atoms with E-state index in [1.165, 1.54) is 32.0 Å². The molecule has 0 atom stereocenters. The van der Waals surface area contributed by atoms with E-state index in [-0.39, 0.29) is 0 Å². The van der Waals surface area contributed by atoms with Crippen molar-refractivity contribution in [3.63, 3.8) is 0 Å². The van der Waals surface area contributed by atoms with Gasteiger partial charge in [0.2, 0.25) is 0 Å².